The van der Waals surface area contributed by atoms with E-state index < -0.39 is 0 Å². The van der Waals surface area contributed by atoms with Crippen LogP contribution in [0.15, 0.2) is 30.5 Å². The molecule has 1 aromatic heterocycles. The molecule has 1 radical (unpaired) electrons. The van der Waals surface area contributed by atoms with Crippen LogP contribution in [0.25, 0.3) is 10.8 Å². The molecule has 0 spiro atoms. The monoisotopic (exact) mass is 157 g/mol. The number of anilines is 1. The fraction of sp³-hybridized carbons (Fsp3) is 0. The van der Waals surface area contributed by atoms with Crippen LogP contribution in [0.2, 0.25) is 0 Å². The van der Waals surface area contributed by atoms with Crippen LogP contribution in [-0.4, -0.2) is 4.98 Å². The number of aromatic nitrogens is 1. The van der Waals surface area contributed by atoms with Gasteiger partial charge in [0.2, 0.25) is 0 Å². The number of rotatable bonds is 0. The van der Waals surface area contributed by atoms with Crippen molar-refractivity contribution in [3.8, 4) is 0 Å². The van der Waals surface area contributed by atoms with Gasteiger partial charge in [-0.05, 0) is 23.9 Å². The predicted octanol–water partition coefficient (Wildman–Crippen LogP) is 2.00. The van der Waals surface area contributed by atoms with E-state index in [0.29, 0.717) is 5.82 Å². The highest BCUT2D eigenvalue weighted by atomic mass is 14.8. The third-order valence-electron chi connectivity index (χ3n) is 1.81. The van der Waals surface area contributed by atoms with Crippen molar-refractivity contribution >= 4 is 16.6 Å². The topological polar surface area (TPSA) is 38.9 Å². The van der Waals surface area contributed by atoms with Crippen LogP contribution in [-0.2, 0) is 0 Å². The summed E-state index contributed by atoms with van der Waals surface area (Å²) in [5.74, 6) is 0.549. The Hall–Kier alpha value is -1.57. The van der Waals surface area contributed by atoms with Crippen molar-refractivity contribution < 1.29 is 0 Å². The molecular formula is C10H9N2. The summed E-state index contributed by atoms with van der Waals surface area (Å²) < 4.78 is 0. The van der Waals surface area contributed by atoms with Crippen LogP contribution in [0.3, 0.4) is 0 Å². The van der Waals surface area contributed by atoms with Gasteiger partial charge in [-0.15, -0.1) is 0 Å². The van der Waals surface area contributed by atoms with Gasteiger partial charge >= 0.3 is 0 Å². The Kier molecular flexibility index (Phi) is 1.47. The Labute approximate surface area is 71.0 Å². The Morgan fingerprint density at radius 2 is 2.00 bits per heavy atom. The first-order chi connectivity index (χ1) is 5.75. The first-order valence-electron chi connectivity index (χ1n) is 3.73. The van der Waals surface area contributed by atoms with Crippen molar-refractivity contribution in [2.75, 3.05) is 5.73 Å². The minimum Gasteiger partial charge on any atom is -0.384 e. The van der Waals surface area contributed by atoms with E-state index in [0.717, 1.165) is 16.3 Å². The molecule has 0 aliphatic rings. The van der Waals surface area contributed by atoms with Crippen LogP contribution < -0.4 is 5.73 Å². The van der Waals surface area contributed by atoms with Gasteiger partial charge in [-0.1, -0.05) is 18.2 Å². The summed E-state index contributed by atoms with van der Waals surface area (Å²) in [6.45, 7) is 3.84. The highest BCUT2D eigenvalue weighted by Gasteiger charge is 1.94. The fourth-order valence-corrected chi connectivity index (χ4v) is 1.21. The van der Waals surface area contributed by atoms with Crippen LogP contribution in [0.5, 0.6) is 0 Å². The van der Waals surface area contributed by atoms with Crippen molar-refractivity contribution in [2.45, 2.75) is 0 Å². The molecule has 0 amide bonds. The summed E-state index contributed by atoms with van der Waals surface area (Å²) in [6, 6.07) is 7.79. The maximum Gasteiger partial charge on any atom is 0.123 e. The van der Waals surface area contributed by atoms with Crippen molar-refractivity contribution in [3.63, 3.8) is 0 Å². The number of hydrogen-bond donors (Lipinski definition) is 1. The third-order valence-corrected chi connectivity index (χ3v) is 1.81. The number of fused-ring (bicyclic) bond motifs is 1. The van der Waals surface area contributed by atoms with Gasteiger partial charge in [0.15, 0.2) is 0 Å². The van der Waals surface area contributed by atoms with Gasteiger partial charge in [0, 0.05) is 11.6 Å². The minimum absolute atomic E-state index is 0.549. The molecule has 0 bridgehead atoms. The van der Waals surface area contributed by atoms with Crippen LogP contribution in [0, 0.1) is 6.92 Å². The Balaban J connectivity index is 2.80. The lowest BCUT2D eigenvalue weighted by atomic mass is 10.1. The van der Waals surface area contributed by atoms with Gasteiger partial charge in [-0.25, -0.2) is 4.98 Å². The van der Waals surface area contributed by atoms with E-state index in [1.54, 1.807) is 6.20 Å². The second-order valence-corrected chi connectivity index (χ2v) is 2.79. The van der Waals surface area contributed by atoms with Crippen LogP contribution >= 0.6 is 0 Å². The molecule has 0 unspecified atom stereocenters. The summed E-state index contributed by atoms with van der Waals surface area (Å²) in [4.78, 5) is 3.99. The molecule has 0 saturated carbocycles. The third kappa shape index (κ3) is 1.11. The largest absolute Gasteiger partial charge is 0.384 e. The number of hydrogen-bond acceptors (Lipinski definition) is 2. The molecule has 12 heavy (non-hydrogen) atoms. The van der Waals surface area contributed by atoms with E-state index in [1.165, 1.54) is 0 Å². The predicted molar refractivity (Wildman–Crippen MR) is 50.6 cm³/mol. The summed E-state index contributed by atoms with van der Waals surface area (Å²) in [7, 11) is 0. The number of nitrogens with two attached hydrogens (primary N) is 1. The molecule has 1 aromatic carbocycles. The van der Waals surface area contributed by atoms with Crippen molar-refractivity contribution in [1.29, 1.82) is 0 Å². The summed E-state index contributed by atoms with van der Waals surface area (Å²) in [6.07, 6.45) is 1.77. The Morgan fingerprint density at radius 1 is 1.17 bits per heavy atom. The second kappa shape index (κ2) is 2.48. The number of pyridine rings is 1. The normalized spacial score (nSPS) is 10.4. The molecule has 0 atom stereocenters. The molecular weight excluding hydrogens is 148 g/mol. The lowest BCUT2D eigenvalue weighted by Crippen LogP contribution is -1.88. The van der Waals surface area contributed by atoms with Gasteiger partial charge in [-0.3, -0.25) is 0 Å². The van der Waals surface area contributed by atoms with Crippen LogP contribution in [0.1, 0.15) is 5.56 Å². The zero-order valence-corrected chi connectivity index (χ0v) is 6.62. The van der Waals surface area contributed by atoms with E-state index in [4.69, 9.17) is 5.73 Å². The molecule has 2 rings (SSSR count). The number of benzene rings is 1. The molecule has 2 nitrogen and oxygen atoms in total. The first-order valence-corrected chi connectivity index (χ1v) is 3.73. The lowest BCUT2D eigenvalue weighted by molar-refractivity contribution is 1.37. The Morgan fingerprint density at radius 3 is 2.83 bits per heavy atom. The van der Waals surface area contributed by atoms with Gasteiger partial charge < -0.3 is 5.73 Å². The van der Waals surface area contributed by atoms with E-state index in [2.05, 4.69) is 11.9 Å². The number of nitrogen functional groups attached to an aromatic ring is 1. The van der Waals surface area contributed by atoms with Crippen LogP contribution in [0.4, 0.5) is 5.82 Å². The highest BCUT2D eigenvalue weighted by molar-refractivity contribution is 5.84. The maximum atomic E-state index is 5.54. The quantitative estimate of drug-likeness (QED) is 0.635. The highest BCUT2D eigenvalue weighted by Crippen LogP contribution is 2.16. The molecule has 0 aliphatic heterocycles. The molecule has 1 heterocycles. The van der Waals surface area contributed by atoms with Crippen molar-refractivity contribution in [1.82, 2.24) is 4.98 Å². The smallest absolute Gasteiger partial charge is 0.123 e. The second-order valence-electron chi connectivity index (χ2n) is 2.79. The summed E-state index contributed by atoms with van der Waals surface area (Å²) in [5, 5.41) is 2.19. The number of nitrogens with zero attached hydrogens (tertiary/aromatic N) is 1. The summed E-state index contributed by atoms with van der Waals surface area (Å²) >= 11 is 0. The van der Waals surface area contributed by atoms with E-state index in [9.17, 15) is 0 Å². The molecule has 0 saturated heterocycles. The zero-order chi connectivity index (χ0) is 8.55. The summed E-state index contributed by atoms with van der Waals surface area (Å²) in [5.41, 5.74) is 6.54. The standard InChI is InChI=1S/C10H9N2/c1-7-2-3-8-6-12-10(11)5-9(8)4-7/h2-6H,1H2,(H2,11,12). The van der Waals surface area contributed by atoms with E-state index in [1.807, 2.05) is 24.3 Å². The average Bonchev–Trinajstić information content (AvgIpc) is 2.03. The molecule has 0 fully saturated rings. The molecule has 59 valence electrons. The zero-order valence-electron chi connectivity index (χ0n) is 6.62. The van der Waals surface area contributed by atoms with Gasteiger partial charge in [-0.2, -0.15) is 0 Å². The molecule has 0 aliphatic carbocycles. The van der Waals surface area contributed by atoms with Gasteiger partial charge in [0.1, 0.15) is 5.82 Å². The SMILES string of the molecule is [CH2]c1ccc2cnc(N)cc2c1. The first kappa shape index (κ1) is 7.10. The molecule has 2 N–H and O–H groups in total. The van der Waals surface area contributed by atoms with Crippen molar-refractivity contribution in [2.24, 2.45) is 0 Å². The fourth-order valence-electron chi connectivity index (χ4n) is 1.21. The average molecular weight is 157 g/mol. The molecule has 2 heteroatoms. The lowest BCUT2D eigenvalue weighted by Gasteiger charge is -1.99. The Bertz CT molecular complexity index is 384. The van der Waals surface area contributed by atoms with E-state index >= 15 is 0 Å². The molecule has 2 aromatic rings. The van der Waals surface area contributed by atoms with Crippen molar-refractivity contribution in [3.05, 3.63) is 42.9 Å². The maximum absolute atomic E-state index is 5.54. The van der Waals surface area contributed by atoms with Gasteiger partial charge in [0.05, 0.1) is 0 Å². The van der Waals surface area contributed by atoms with Gasteiger partial charge in [0.25, 0.3) is 0 Å². The minimum atomic E-state index is 0.549. The van der Waals surface area contributed by atoms with E-state index in [-0.39, 0.29) is 0 Å².